The number of carbonyl (C=O) groups is 1. The zero-order valence-corrected chi connectivity index (χ0v) is 6.09. The molecular weight excluding hydrogens is 132 g/mol. The molecule has 0 unspecified atom stereocenters. The van der Waals surface area contributed by atoms with E-state index in [1.54, 1.807) is 0 Å². The number of cyclic esters (lactones) is 1. The third-order valence-electron chi connectivity index (χ3n) is 1.79. The first-order chi connectivity index (χ1) is 4.69. The van der Waals surface area contributed by atoms with Gasteiger partial charge in [-0.05, 0) is 6.42 Å². The lowest BCUT2D eigenvalue weighted by atomic mass is 9.97. The van der Waals surface area contributed by atoms with Gasteiger partial charge in [-0.1, -0.05) is 13.3 Å². The van der Waals surface area contributed by atoms with Crippen LogP contribution in [0.15, 0.2) is 0 Å². The highest BCUT2D eigenvalue weighted by Crippen LogP contribution is 2.24. The monoisotopic (exact) mass is 144 g/mol. The Kier molecular flexibility index (Phi) is 1.94. The van der Waals surface area contributed by atoms with Crippen molar-refractivity contribution >= 4 is 5.97 Å². The van der Waals surface area contributed by atoms with Crippen LogP contribution in [0.4, 0.5) is 0 Å². The predicted octanol–water partition coefficient (Wildman–Crippen LogP) is 0.464. The summed E-state index contributed by atoms with van der Waals surface area (Å²) < 4.78 is 4.63. The van der Waals surface area contributed by atoms with Gasteiger partial charge in [0.25, 0.3) is 0 Å². The van der Waals surface area contributed by atoms with E-state index >= 15 is 0 Å². The van der Waals surface area contributed by atoms with Crippen molar-refractivity contribution in [2.24, 2.45) is 0 Å². The lowest BCUT2D eigenvalue weighted by Gasteiger charge is -2.15. The van der Waals surface area contributed by atoms with Crippen molar-refractivity contribution < 1.29 is 14.6 Å². The topological polar surface area (TPSA) is 46.5 Å². The molecule has 0 saturated carbocycles. The summed E-state index contributed by atoms with van der Waals surface area (Å²) in [5, 5.41) is 9.49. The van der Waals surface area contributed by atoms with Crippen LogP contribution >= 0.6 is 0 Å². The Bertz CT molecular complexity index is 144. The lowest BCUT2D eigenvalue weighted by Crippen LogP contribution is -2.33. The van der Waals surface area contributed by atoms with E-state index in [4.69, 9.17) is 0 Å². The van der Waals surface area contributed by atoms with E-state index in [-0.39, 0.29) is 0 Å². The molecule has 1 aliphatic heterocycles. The Labute approximate surface area is 60.0 Å². The maximum Gasteiger partial charge on any atom is 0.338 e. The number of aliphatic hydroxyl groups is 1. The second kappa shape index (κ2) is 2.58. The number of hydrogen-bond donors (Lipinski definition) is 1. The van der Waals surface area contributed by atoms with Crippen molar-refractivity contribution in [1.29, 1.82) is 0 Å². The van der Waals surface area contributed by atoms with Crippen molar-refractivity contribution in [3.8, 4) is 0 Å². The fourth-order valence-corrected chi connectivity index (χ4v) is 1.19. The zero-order chi connectivity index (χ0) is 7.61. The maximum atomic E-state index is 10.8. The molecule has 1 aliphatic rings. The number of rotatable bonds is 2. The molecule has 0 spiro atoms. The zero-order valence-electron chi connectivity index (χ0n) is 6.09. The Hall–Kier alpha value is -0.570. The van der Waals surface area contributed by atoms with Gasteiger partial charge in [-0.2, -0.15) is 0 Å². The Morgan fingerprint density at radius 1 is 1.80 bits per heavy atom. The van der Waals surface area contributed by atoms with Gasteiger partial charge < -0.3 is 9.84 Å². The van der Waals surface area contributed by atoms with Gasteiger partial charge in [-0.3, -0.25) is 0 Å². The minimum Gasteiger partial charge on any atom is -0.463 e. The molecule has 0 amide bonds. The summed E-state index contributed by atoms with van der Waals surface area (Å²) in [6, 6.07) is 0. The molecule has 1 atom stereocenters. The first kappa shape index (κ1) is 7.54. The third kappa shape index (κ3) is 1.14. The van der Waals surface area contributed by atoms with Gasteiger partial charge in [0, 0.05) is 6.42 Å². The Morgan fingerprint density at radius 3 is 2.90 bits per heavy atom. The van der Waals surface area contributed by atoms with E-state index in [9.17, 15) is 9.90 Å². The molecule has 0 aromatic heterocycles. The van der Waals surface area contributed by atoms with Gasteiger partial charge in [0.2, 0.25) is 0 Å². The molecule has 3 nitrogen and oxygen atoms in total. The van der Waals surface area contributed by atoms with Crippen LogP contribution in [0.2, 0.25) is 0 Å². The van der Waals surface area contributed by atoms with Gasteiger partial charge in [-0.15, -0.1) is 0 Å². The summed E-state index contributed by atoms with van der Waals surface area (Å²) in [5.41, 5.74) is -1.16. The van der Waals surface area contributed by atoms with Crippen LogP contribution in [0.3, 0.4) is 0 Å². The average molecular weight is 144 g/mol. The van der Waals surface area contributed by atoms with Crippen molar-refractivity contribution in [2.75, 3.05) is 6.61 Å². The first-order valence-electron chi connectivity index (χ1n) is 3.58. The van der Waals surface area contributed by atoms with E-state index in [2.05, 4.69) is 4.74 Å². The highest BCUT2D eigenvalue weighted by atomic mass is 16.6. The normalized spacial score (nSPS) is 32.4. The molecule has 0 aromatic carbocycles. The third-order valence-corrected chi connectivity index (χ3v) is 1.79. The standard InChI is InChI=1S/C7H12O3/c1-2-3-7(9)4-5-10-6(7)8/h9H,2-5H2,1H3/t7-/m1/s1. The molecule has 0 bridgehead atoms. The summed E-state index contributed by atoms with van der Waals surface area (Å²) >= 11 is 0. The van der Waals surface area contributed by atoms with E-state index in [1.807, 2.05) is 6.92 Å². The Balaban J connectivity index is 2.57. The SMILES string of the molecule is CCC[C@@]1(O)CCOC1=O. The second-order valence-electron chi connectivity index (χ2n) is 2.67. The molecule has 1 fully saturated rings. The molecule has 1 heterocycles. The van der Waals surface area contributed by atoms with Crippen LogP contribution in [-0.2, 0) is 9.53 Å². The van der Waals surface area contributed by atoms with E-state index in [0.717, 1.165) is 6.42 Å². The minimum atomic E-state index is -1.16. The second-order valence-corrected chi connectivity index (χ2v) is 2.67. The highest BCUT2D eigenvalue weighted by Gasteiger charge is 2.41. The van der Waals surface area contributed by atoms with Crippen LogP contribution in [0.5, 0.6) is 0 Å². The van der Waals surface area contributed by atoms with Gasteiger partial charge in [0.1, 0.15) is 0 Å². The fraction of sp³-hybridized carbons (Fsp3) is 0.857. The fourth-order valence-electron chi connectivity index (χ4n) is 1.19. The van der Waals surface area contributed by atoms with E-state index in [1.165, 1.54) is 0 Å². The summed E-state index contributed by atoms with van der Waals surface area (Å²) in [5.74, 6) is -0.450. The van der Waals surface area contributed by atoms with Crippen LogP contribution < -0.4 is 0 Å². The van der Waals surface area contributed by atoms with Gasteiger partial charge >= 0.3 is 5.97 Å². The quantitative estimate of drug-likeness (QED) is 0.573. The number of ether oxygens (including phenoxy) is 1. The van der Waals surface area contributed by atoms with Crippen LogP contribution in [0, 0.1) is 0 Å². The summed E-state index contributed by atoms with van der Waals surface area (Å²) in [4.78, 5) is 10.8. The smallest absolute Gasteiger partial charge is 0.338 e. The summed E-state index contributed by atoms with van der Waals surface area (Å²) in [6.07, 6.45) is 1.79. The van der Waals surface area contributed by atoms with Gasteiger partial charge in [-0.25, -0.2) is 4.79 Å². The minimum absolute atomic E-state index is 0.370. The number of hydrogen-bond acceptors (Lipinski definition) is 3. The molecule has 0 aliphatic carbocycles. The first-order valence-corrected chi connectivity index (χ1v) is 3.58. The van der Waals surface area contributed by atoms with Gasteiger partial charge in [0.15, 0.2) is 5.60 Å². The van der Waals surface area contributed by atoms with Crippen molar-refractivity contribution in [2.45, 2.75) is 31.8 Å². The van der Waals surface area contributed by atoms with Gasteiger partial charge in [0.05, 0.1) is 6.61 Å². The van der Waals surface area contributed by atoms with Crippen LogP contribution in [0.1, 0.15) is 26.2 Å². The molecular formula is C7H12O3. The predicted molar refractivity (Wildman–Crippen MR) is 35.4 cm³/mol. The maximum absolute atomic E-state index is 10.8. The Morgan fingerprint density at radius 2 is 2.50 bits per heavy atom. The molecule has 0 radical (unpaired) electrons. The lowest BCUT2D eigenvalue weighted by molar-refractivity contribution is -0.153. The molecule has 1 saturated heterocycles. The molecule has 1 N–H and O–H groups in total. The number of carbonyl (C=O) groups excluding carboxylic acids is 1. The molecule has 58 valence electrons. The van der Waals surface area contributed by atoms with Crippen molar-refractivity contribution in [1.82, 2.24) is 0 Å². The van der Waals surface area contributed by atoms with E-state index < -0.39 is 11.6 Å². The largest absolute Gasteiger partial charge is 0.463 e. The molecule has 3 heteroatoms. The summed E-state index contributed by atoms with van der Waals surface area (Å²) in [7, 11) is 0. The molecule has 0 aromatic rings. The number of esters is 1. The van der Waals surface area contributed by atoms with Crippen LogP contribution in [0.25, 0.3) is 0 Å². The van der Waals surface area contributed by atoms with Crippen LogP contribution in [-0.4, -0.2) is 23.3 Å². The molecule has 10 heavy (non-hydrogen) atoms. The van der Waals surface area contributed by atoms with E-state index in [0.29, 0.717) is 19.4 Å². The van der Waals surface area contributed by atoms with Crippen molar-refractivity contribution in [3.63, 3.8) is 0 Å². The average Bonchev–Trinajstić information content (AvgIpc) is 2.15. The highest BCUT2D eigenvalue weighted by molar-refractivity contribution is 5.80. The summed E-state index contributed by atoms with van der Waals surface area (Å²) in [6.45, 7) is 2.30. The van der Waals surface area contributed by atoms with Crippen molar-refractivity contribution in [3.05, 3.63) is 0 Å². The molecule has 1 rings (SSSR count).